The average molecular weight is 515 g/mol. The molecule has 2 fully saturated rings. The van der Waals surface area contributed by atoms with Crippen LogP contribution in [0.2, 0.25) is 0 Å². The Kier molecular flexibility index (Phi) is 8.91. The van der Waals surface area contributed by atoms with Crippen LogP contribution in [0.3, 0.4) is 0 Å². The van der Waals surface area contributed by atoms with Crippen LogP contribution in [0.5, 0.6) is 0 Å². The molecule has 0 atom stereocenters. The van der Waals surface area contributed by atoms with Crippen molar-refractivity contribution in [2.24, 2.45) is 17.8 Å². The maximum absolute atomic E-state index is 14.2. The van der Waals surface area contributed by atoms with Crippen molar-refractivity contribution in [3.05, 3.63) is 21.9 Å². The SMILES string of the molecule is COC(=O)c1sc(C2=CCCCC2)cc1N(C(=O)[C@H]1CC[C@H](C)CC1)C1CCN(C(=O)C(C)C)CC1. The molecule has 0 bridgehead atoms. The Labute approximate surface area is 220 Å². The van der Waals surface area contributed by atoms with Gasteiger partial charge < -0.3 is 14.5 Å². The van der Waals surface area contributed by atoms with Crippen LogP contribution < -0.4 is 4.90 Å². The Morgan fingerprint density at radius 2 is 1.75 bits per heavy atom. The average Bonchev–Trinajstić information content (AvgIpc) is 3.34. The lowest BCUT2D eigenvalue weighted by molar-refractivity contribution is -0.135. The number of ether oxygens (including phenoxy) is 1. The molecule has 2 aliphatic carbocycles. The van der Waals surface area contributed by atoms with Gasteiger partial charge in [-0.25, -0.2) is 4.79 Å². The highest BCUT2D eigenvalue weighted by Crippen LogP contribution is 2.41. The third-order valence-corrected chi connectivity index (χ3v) is 9.37. The summed E-state index contributed by atoms with van der Waals surface area (Å²) in [5.74, 6) is 0.550. The molecule has 0 aromatic carbocycles. The maximum atomic E-state index is 14.2. The monoisotopic (exact) mass is 514 g/mol. The van der Waals surface area contributed by atoms with Gasteiger partial charge >= 0.3 is 5.97 Å². The molecule has 0 spiro atoms. The van der Waals surface area contributed by atoms with Gasteiger partial charge in [0.1, 0.15) is 4.88 Å². The highest BCUT2D eigenvalue weighted by atomic mass is 32.1. The summed E-state index contributed by atoms with van der Waals surface area (Å²) in [7, 11) is 1.41. The molecule has 1 saturated heterocycles. The van der Waals surface area contributed by atoms with E-state index in [1.54, 1.807) is 0 Å². The highest BCUT2D eigenvalue weighted by molar-refractivity contribution is 7.15. The smallest absolute Gasteiger partial charge is 0.350 e. The van der Waals surface area contributed by atoms with E-state index in [2.05, 4.69) is 19.1 Å². The van der Waals surface area contributed by atoms with E-state index in [0.717, 1.165) is 62.7 Å². The summed E-state index contributed by atoms with van der Waals surface area (Å²) < 4.78 is 5.19. The van der Waals surface area contributed by atoms with Crippen LogP contribution in [-0.2, 0) is 14.3 Å². The molecular weight excluding hydrogens is 472 g/mol. The number of amides is 2. The van der Waals surface area contributed by atoms with Gasteiger partial charge in [0.2, 0.25) is 11.8 Å². The Bertz CT molecular complexity index is 981. The van der Waals surface area contributed by atoms with Gasteiger partial charge in [-0.2, -0.15) is 0 Å². The number of piperidine rings is 1. The highest BCUT2D eigenvalue weighted by Gasteiger charge is 2.38. The third kappa shape index (κ3) is 5.87. The first kappa shape index (κ1) is 26.9. The van der Waals surface area contributed by atoms with E-state index < -0.39 is 0 Å². The molecule has 0 N–H and O–H groups in total. The Balaban J connectivity index is 1.68. The van der Waals surface area contributed by atoms with Crippen molar-refractivity contribution in [3.63, 3.8) is 0 Å². The molecule has 2 amide bonds. The van der Waals surface area contributed by atoms with Crippen LogP contribution in [0.1, 0.15) is 99.5 Å². The first-order valence-electron chi connectivity index (χ1n) is 13.8. The van der Waals surface area contributed by atoms with Crippen LogP contribution in [0.4, 0.5) is 5.69 Å². The molecule has 0 radical (unpaired) electrons. The second-order valence-corrected chi connectivity index (χ2v) is 12.2. The van der Waals surface area contributed by atoms with E-state index in [0.29, 0.717) is 29.6 Å². The number of carbonyl (C=O) groups is 3. The van der Waals surface area contributed by atoms with Crippen molar-refractivity contribution in [1.82, 2.24) is 4.90 Å². The molecule has 4 rings (SSSR count). The van der Waals surface area contributed by atoms with Crippen molar-refractivity contribution in [3.8, 4) is 0 Å². The van der Waals surface area contributed by atoms with E-state index in [4.69, 9.17) is 4.74 Å². The van der Waals surface area contributed by atoms with E-state index >= 15 is 0 Å². The number of hydrogen-bond acceptors (Lipinski definition) is 5. The van der Waals surface area contributed by atoms with E-state index in [1.807, 2.05) is 23.6 Å². The van der Waals surface area contributed by atoms with Crippen LogP contribution in [0.15, 0.2) is 12.1 Å². The number of allylic oxidation sites excluding steroid dienone is 2. The molecule has 1 aliphatic heterocycles. The van der Waals surface area contributed by atoms with E-state index in [-0.39, 0.29) is 35.7 Å². The lowest BCUT2D eigenvalue weighted by Gasteiger charge is -2.41. The normalized spacial score (nSPS) is 23.4. The molecule has 1 saturated carbocycles. The Morgan fingerprint density at radius 1 is 1.06 bits per heavy atom. The number of likely N-dealkylation sites (tertiary alicyclic amines) is 1. The second kappa shape index (κ2) is 11.9. The fourth-order valence-electron chi connectivity index (χ4n) is 5.93. The van der Waals surface area contributed by atoms with Crippen LogP contribution in [0.25, 0.3) is 5.57 Å². The van der Waals surface area contributed by atoms with E-state index in [9.17, 15) is 14.4 Å². The van der Waals surface area contributed by atoms with Crippen LogP contribution >= 0.6 is 11.3 Å². The largest absolute Gasteiger partial charge is 0.465 e. The van der Waals surface area contributed by atoms with Gasteiger partial charge in [0.05, 0.1) is 12.8 Å². The molecule has 198 valence electrons. The predicted molar refractivity (Wildman–Crippen MR) is 145 cm³/mol. The maximum Gasteiger partial charge on any atom is 0.350 e. The zero-order valence-electron chi connectivity index (χ0n) is 22.4. The Hall–Kier alpha value is -2.15. The molecule has 1 aromatic rings. The number of nitrogens with zero attached hydrogens (tertiary/aromatic N) is 2. The minimum Gasteiger partial charge on any atom is -0.465 e. The van der Waals surface area contributed by atoms with Crippen molar-refractivity contribution in [2.45, 2.75) is 91.0 Å². The topological polar surface area (TPSA) is 66.9 Å². The number of thiophene rings is 1. The number of hydrogen-bond donors (Lipinski definition) is 0. The zero-order chi connectivity index (χ0) is 25.8. The van der Waals surface area contributed by atoms with Gasteiger partial charge in [0, 0.05) is 35.8 Å². The number of carbonyl (C=O) groups excluding carboxylic acids is 3. The fraction of sp³-hybridized carbons (Fsp3) is 0.690. The van der Waals surface area contributed by atoms with E-state index in [1.165, 1.54) is 30.4 Å². The minimum atomic E-state index is -0.375. The third-order valence-electron chi connectivity index (χ3n) is 8.19. The lowest BCUT2D eigenvalue weighted by atomic mass is 9.82. The van der Waals surface area contributed by atoms with Crippen LogP contribution in [-0.4, -0.2) is 48.9 Å². The second-order valence-electron chi connectivity index (χ2n) is 11.2. The number of rotatable bonds is 6. The minimum absolute atomic E-state index is 0.0146. The predicted octanol–water partition coefficient (Wildman–Crippen LogP) is 6.30. The Morgan fingerprint density at radius 3 is 2.33 bits per heavy atom. The van der Waals surface area contributed by atoms with Crippen LogP contribution in [0, 0.1) is 17.8 Å². The summed E-state index contributed by atoms with van der Waals surface area (Å²) in [5, 5.41) is 0. The first-order valence-corrected chi connectivity index (χ1v) is 14.6. The van der Waals surface area contributed by atoms with Gasteiger partial charge in [0.15, 0.2) is 0 Å². The molecule has 1 aromatic heterocycles. The van der Waals surface area contributed by atoms with Gasteiger partial charge in [-0.1, -0.05) is 26.8 Å². The summed E-state index contributed by atoms with van der Waals surface area (Å²) in [6.45, 7) is 7.41. The summed E-state index contributed by atoms with van der Waals surface area (Å²) in [4.78, 5) is 45.2. The van der Waals surface area contributed by atoms with Crippen molar-refractivity contribution >= 4 is 40.4 Å². The molecule has 6 nitrogen and oxygen atoms in total. The molecule has 7 heteroatoms. The standard InChI is InChI=1S/C29H42N2O4S/c1-19(2)27(32)30-16-14-23(15-17-30)31(28(33)22-12-10-20(3)11-13-22)24-18-25(21-8-6-5-7-9-21)36-26(24)29(34)35-4/h8,18-20,22-23H,5-7,9-17H2,1-4H3/t20-,22-. The molecule has 3 aliphatic rings. The fourth-order valence-corrected chi connectivity index (χ4v) is 7.06. The van der Waals surface area contributed by atoms with Crippen molar-refractivity contribution < 1.29 is 19.1 Å². The number of methoxy groups -OCH3 is 1. The van der Waals surface area contributed by atoms with Gasteiger partial charge in [-0.05, 0) is 81.8 Å². The summed E-state index contributed by atoms with van der Waals surface area (Å²) in [6.07, 6.45) is 12.1. The number of anilines is 1. The molecule has 0 unspecified atom stereocenters. The molecule has 36 heavy (non-hydrogen) atoms. The lowest BCUT2D eigenvalue weighted by Crippen LogP contribution is -2.51. The van der Waals surface area contributed by atoms with Gasteiger partial charge in [-0.3, -0.25) is 9.59 Å². The molecule has 2 heterocycles. The summed E-state index contributed by atoms with van der Waals surface area (Å²) in [6, 6.07) is 2.04. The number of esters is 1. The summed E-state index contributed by atoms with van der Waals surface area (Å²) in [5.41, 5.74) is 1.99. The summed E-state index contributed by atoms with van der Waals surface area (Å²) >= 11 is 1.46. The molecular formula is C29H42N2O4S. The van der Waals surface area contributed by atoms with Crippen molar-refractivity contribution in [1.29, 1.82) is 0 Å². The van der Waals surface area contributed by atoms with Gasteiger partial charge in [-0.15, -0.1) is 11.3 Å². The first-order chi connectivity index (χ1) is 17.3. The van der Waals surface area contributed by atoms with Crippen molar-refractivity contribution in [2.75, 3.05) is 25.1 Å². The van der Waals surface area contributed by atoms with Gasteiger partial charge in [0.25, 0.3) is 0 Å². The quantitative estimate of drug-likeness (QED) is 0.418. The zero-order valence-corrected chi connectivity index (χ0v) is 23.2.